The van der Waals surface area contributed by atoms with E-state index in [9.17, 15) is 13.2 Å². The fourth-order valence-electron chi connectivity index (χ4n) is 3.51. The van der Waals surface area contributed by atoms with Crippen molar-refractivity contribution in [2.45, 2.75) is 50.3 Å². The summed E-state index contributed by atoms with van der Waals surface area (Å²) < 4.78 is 39.0. The third kappa shape index (κ3) is 5.04. The molecule has 0 saturated carbocycles. The molecule has 0 aromatic heterocycles. The summed E-state index contributed by atoms with van der Waals surface area (Å²) in [7, 11) is -3.84. The van der Waals surface area contributed by atoms with Gasteiger partial charge >= 0.3 is 0 Å². The minimum Gasteiger partial charge on any atom is -0.350 e. The number of halogens is 1. The number of rotatable bonds is 4. The number of sulfonamides is 1. The lowest BCUT2D eigenvalue weighted by Crippen LogP contribution is -2.42. The summed E-state index contributed by atoms with van der Waals surface area (Å²) in [6, 6.07) is 4.38. The van der Waals surface area contributed by atoms with Crippen molar-refractivity contribution in [3.63, 3.8) is 0 Å². The van der Waals surface area contributed by atoms with E-state index in [1.807, 2.05) is 0 Å². The molecule has 3 rings (SSSR count). The monoisotopic (exact) mass is 430 g/mol. The second-order valence-corrected chi connectivity index (χ2v) is 10.3. The van der Waals surface area contributed by atoms with Crippen molar-refractivity contribution >= 4 is 27.5 Å². The van der Waals surface area contributed by atoms with E-state index in [0.717, 1.165) is 12.8 Å². The van der Waals surface area contributed by atoms with Gasteiger partial charge in [0.2, 0.25) is 10.0 Å². The second kappa shape index (κ2) is 8.28. The first-order valence-corrected chi connectivity index (χ1v) is 11.3. The predicted octanol–water partition coefficient (Wildman–Crippen LogP) is 2.64. The minimum atomic E-state index is -3.84. The third-order valence-electron chi connectivity index (χ3n) is 4.77. The van der Waals surface area contributed by atoms with Crippen LogP contribution in [0.1, 0.15) is 44.0 Å². The van der Waals surface area contributed by atoms with Gasteiger partial charge < -0.3 is 14.4 Å². The molecule has 2 aliphatic rings. The molecule has 1 aromatic rings. The van der Waals surface area contributed by atoms with E-state index in [-0.39, 0.29) is 28.0 Å². The van der Waals surface area contributed by atoms with Gasteiger partial charge in [0.1, 0.15) is 4.90 Å². The van der Waals surface area contributed by atoms with Crippen LogP contribution in [0.3, 0.4) is 0 Å². The molecule has 0 spiro atoms. The van der Waals surface area contributed by atoms with Gasteiger partial charge in [0.25, 0.3) is 5.91 Å². The molecule has 0 unspecified atom stereocenters. The lowest BCUT2D eigenvalue weighted by Gasteiger charge is -2.34. The summed E-state index contributed by atoms with van der Waals surface area (Å²) in [5, 5.41) is 0.0857. The largest absolute Gasteiger partial charge is 0.350 e. The smallest absolute Gasteiger partial charge is 0.253 e. The Morgan fingerprint density at radius 3 is 2.36 bits per heavy atom. The van der Waals surface area contributed by atoms with Crippen LogP contribution in [-0.4, -0.2) is 57.4 Å². The predicted molar refractivity (Wildman–Crippen MR) is 106 cm³/mol. The van der Waals surface area contributed by atoms with Gasteiger partial charge in [-0.1, -0.05) is 11.6 Å². The van der Waals surface area contributed by atoms with Crippen LogP contribution in [0.2, 0.25) is 5.02 Å². The Labute approximate surface area is 171 Å². The number of hydrogen-bond acceptors (Lipinski definition) is 5. The summed E-state index contributed by atoms with van der Waals surface area (Å²) in [6.07, 6.45) is 1.41. The topological polar surface area (TPSA) is 84.9 Å². The lowest BCUT2D eigenvalue weighted by molar-refractivity contribution is -0.0956. The zero-order valence-electron chi connectivity index (χ0n) is 16.4. The molecule has 2 aliphatic heterocycles. The number of nitrogens with zero attached hydrogens (tertiary/aromatic N) is 1. The van der Waals surface area contributed by atoms with Crippen molar-refractivity contribution in [3.8, 4) is 0 Å². The summed E-state index contributed by atoms with van der Waals surface area (Å²) in [5.41, 5.74) is -0.348. The fraction of sp³-hybridized carbons (Fsp3) is 0.632. The van der Waals surface area contributed by atoms with E-state index < -0.39 is 15.6 Å². The minimum absolute atomic E-state index is 0.0856. The second-order valence-electron chi connectivity index (χ2n) is 8.24. The van der Waals surface area contributed by atoms with Gasteiger partial charge in [-0.05, 0) is 51.8 Å². The highest BCUT2D eigenvalue weighted by Crippen LogP contribution is 2.28. The highest BCUT2D eigenvalue weighted by atomic mass is 35.5. The number of ether oxygens (including phenoxy) is 2. The van der Waals surface area contributed by atoms with Crippen molar-refractivity contribution in [1.82, 2.24) is 9.62 Å². The van der Waals surface area contributed by atoms with E-state index >= 15 is 0 Å². The van der Waals surface area contributed by atoms with Crippen molar-refractivity contribution in [3.05, 3.63) is 28.8 Å². The van der Waals surface area contributed by atoms with E-state index in [1.54, 1.807) is 31.7 Å². The van der Waals surface area contributed by atoms with Gasteiger partial charge in [0.05, 0.1) is 18.2 Å². The molecule has 1 aromatic carbocycles. The summed E-state index contributed by atoms with van der Waals surface area (Å²) in [6.45, 7) is 7.64. The lowest BCUT2D eigenvalue weighted by atomic mass is 9.95. The molecular weight excluding hydrogens is 404 g/mol. The number of nitrogens with one attached hydrogen (secondary N) is 1. The quantitative estimate of drug-likeness (QED) is 0.793. The van der Waals surface area contributed by atoms with Crippen molar-refractivity contribution in [2.75, 3.05) is 26.3 Å². The zero-order valence-corrected chi connectivity index (χ0v) is 18.0. The molecule has 2 heterocycles. The number of benzene rings is 1. The molecule has 28 heavy (non-hydrogen) atoms. The van der Waals surface area contributed by atoms with Crippen LogP contribution in [0.5, 0.6) is 0 Å². The normalized spacial score (nSPS) is 19.9. The number of carbonyl (C=O) groups is 1. The summed E-state index contributed by atoms with van der Waals surface area (Å²) >= 11 is 6.12. The molecule has 156 valence electrons. The maximum absolute atomic E-state index is 12.9. The van der Waals surface area contributed by atoms with E-state index in [1.165, 1.54) is 12.1 Å². The molecule has 2 saturated heterocycles. The van der Waals surface area contributed by atoms with Crippen LogP contribution >= 0.6 is 11.6 Å². The van der Waals surface area contributed by atoms with Crippen LogP contribution in [-0.2, 0) is 19.5 Å². The van der Waals surface area contributed by atoms with Gasteiger partial charge in [-0.3, -0.25) is 4.79 Å². The van der Waals surface area contributed by atoms with Gasteiger partial charge in [0.15, 0.2) is 6.29 Å². The van der Waals surface area contributed by atoms with Crippen LogP contribution < -0.4 is 4.72 Å². The molecule has 0 bridgehead atoms. The first-order valence-electron chi connectivity index (χ1n) is 9.43. The zero-order chi connectivity index (χ0) is 20.5. The van der Waals surface area contributed by atoms with Crippen LogP contribution in [0, 0.1) is 5.92 Å². The molecule has 0 atom stereocenters. The molecule has 7 nitrogen and oxygen atoms in total. The Bertz CT molecular complexity index is 823. The van der Waals surface area contributed by atoms with Crippen molar-refractivity contribution < 1.29 is 22.7 Å². The Kier molecular flexibility index (Phi) is 6.36. The maximum atomic E-state index is 12.9. The van der Waals surface area contributed by atoms with Gasteiger partial charge in [-0.25, -0.2) is 13.1 Å². The molecule has 1 amide bonds. The van der Waals surface area contributed by atoms with Gasteiger partial charge in [0, 0.05) is 30.1 Å². The number of amides is 1. The standard InChI is InChI=1S/C19H27ClN2O5S/c1-19(2,3)21-28(24,25)16-12-14(4-5-15(16)20)17(23)22-8-6-13(7-9-22)18-26-10-11-27-18/h4-5,12-13,18,21H,6-11H2,1-3H3. The molecule has 1 N–H and O–H groups in total. The van der Waals surface area contributed by atoms with E-state index in [2.05, 4.69) is 4.72 Å². The molecule has 0 radical (unpaired) electrons. The van der Waals surface area contributed by atoms with Crippen LogP contribution in [0.25, 0.3) is 0 Å². The maximum Gasteiger partial charge on any atom is 0.253 e. The third-order valence-corrected chi connectivity index (χ3v) is 7.01. The Hall–Kier alpha value is -1.19. The SMILES string of the molecule is CC(C)(C)NS(=O)(=O)c1cc(C(=O)N2CCC(C3OCCO3)CC2)ccc1Cl. The molecule has 2 fully saturated rings. The Morgan fingerprint density at radius 2 is 1.79 bits per heavy atom. The van der Waals surface area contributed by atoms with Crippen molar-refractivity contribution in [1.29, 1.82) is 0 Å². The number of likely N-dealkylation sites (tertiary alicyclic amines) is 1. The van der Waals surface area contributed by atoms with E-state index in [4.69, 9.17) is 21.1 Å². The number of piperidine rings is 1. The fourth-order valence-corrected chi connectivity index (χ4v) is 5.45. The highest BCUT2D eigenvalue weighted by molar-refractivity contribution is 7.89. The molecule has 0 aliphatic carbocycles. The average Bonchev–Trinajstić information content (AvgIpc) is 3.14. The molecule has 9 heteroatoms. The van der Waals surface area contributed by atoms with Crippen LogP contribution in [0.4, 0.5) is 0 Å². The van der Waals surface area contributed by atoms with E-state index in [0.29, 0.717) is 31.9 Å². The summed E-state index contributed by atoms with van der Waals surface area (Å²) in [4.78, 5) is 14.6. The highest BCUT2D eigenvalue weighted by Gasteiger charge is 2.32. The van der Waals surface area contributed by atoms with Gasteiger partial charge in [-0.2, -0.15) is 0 Å². The molecular formula is C19H27ClN2O5S. The Morgan fingerprint density at radius 1 is 1.18 bits per heavy atom. The first kappa shape index (κ1) is 21.5. The van der Waals surface area contributed by atoms with Crippen LogP contribution in [0.15, 0.2) is 23.1 Å². The number of carbonyl (C=O) groups excluding carboxylic acids is 1. The van der Waals surface area contributed by atoms with Gasteiger partial charge in [-0.15, -0.1) is 0 Å². The first-order chi connectivity index (χ1) is 13.1. The van der Waals surface area contributed by atoms with Crippen molar-refractivity contribution in [2.24, 2.45) is 5.92 Å². The number of hydrogen-bond donors (Lipinski definition) is 1. The summed E-state index contributed by atoms with van der Waals surface area (Å²) in [5.74, 6) is 0.0827. The Balaban J connectivity index is 1.73. The average molecular weight is 431 g/mol.